The number of rotatable bonds is 3. The quantitative estimate of drug-likeness (QED) is 0.547. The third-order valence-corrected chi connectivity index (χ3v) is 2.29. The summed E-state index contributed by atoms with van der Waals surface area (Å²) in [5.41, 5.74) is 0. The molecule has 1 fully saturated rings. The smallest absolute Gasteiger partial charge is 0.0229 e. The zero-order valence-corrected chi connectivity index (χ0v) is 6.73. The number of nitrogens with zero attached hydrogens (tertiary/aromatic N) is 1. The first-order valence-corrected chi connectivity index (χ1v) is 4.81. The molecular formula is C6H12NO2S-. The molecule has 10 heavy (non-hydrogen) atoms. The topological polar surface area (TPSA) is 43.4 Å². The first-order valence-electron chi connectivity index (χ1n) is 3.57. The Morgan fingerprint density at radius 1 is 1.40 bits per heavy atom. The fraction of sp³-hybridized carbons (Fsp3) is 1.00. The lowest BCUT2D eigenvalue weighted by Gasteiger charge is -2.14. The van der Waals surface area contributed by atoms with Gasteiger partial charge in [-0.3, -0.25) is 4.21 Å². The van der Waals surface area contributed by atoms with Crippen LogP contribution in [0.3, 0.4) is 0 Å². The molecule has 60 valence electrons. The van der Waals surface area contributed by atoms with Gasteiger partial charge in [0.15, 0.2) is 0 Å². The molecule has 0 N–H and O–H groups in total. The molecule has 0 aromatic heterocycles. The fourth-order valence-corrected chi connectivity index (χ4v) is 1.62. The molecule has 0 aliphatic carbocycles. The van der Waals surface area contributed by atoms with E-state index in [0.29, 0.717) is 5.75 Å². The number of hydrogen-bond acceptors (Lipinski definition) is 3. The fourth-order valence-electron chi connectivity index (χ4n) is 1.21. The molecule has 1 heterocycles. The minimum absolute atomic E-state index is 0.292. The predicted molar refractivity (Wildman–Crippen MR) is 39.5 cm³/mol. The van der Waals surface area contributed by atoms with Crippen molar-refractivity contribution in [1.82, 2.24) is 4.90 Å². The van der Waals surface area contributed by atoms with Gasteiger partial charge in [0.25, 0.3) is 0 Å². The van der Waals surface area contributed by atoms with Gasteiger partial charge in [0.2, 0.25) is 0 Å². The molecule has 1 atom stereocenters. The predicted octanol–water partition coefficient (Wildman–Crippen LogP) is -0.0387. The number of likely N-dealkylation sites (tertiary alicyclic amines) is 1. The van der Waals surface area contributed by atoms with Gasteiger partial charge < -0.3 is 9.45 Å². The molecule has 0 aromatic rings. The van der Waals surface area contributed by atoms with Crippen molar-refractivity contribution in [3.8, 4) is 0 Å². The van der Waals surface area contributed by atoms with Crippen molar-refractivity contribution in [1.29, 1.82) is 0 Å². The van der Waals surface area contributed by atoms with Gasteiger partial charge in [-0.1, -0.05) is 11.1 Å². The van der Waals surface area contributed by atoms with Gasteiger partial charge in [0.05, 0.1) is 0 Å². The van der Waals surface area contributed by atoms with Gasteiger partial charge in [-0.15, -0.1) is 0 Å². The molecule has 1 aliphatic heterocycles. The second-order valence-corrected chi connectivity index (χ2v) is 3.57. The molecule has 1 aliphatic rings. The van der Waals surface area contributed by atoms with E-state index in [9.17, 15) is 8.76 Å². The lowest BCUT2D eigenvalue weighted by Crippen LogP contribution is -2.24. The van der Waals surface area contributed by atoms with E-state index in [1.54, 1.807) is 0 Å². The molecule has 0 amide bonds. The zero-order valence-electron chi connectivity index (χ0n) is 5.91. The van der Waals surface area contributed by atoms with Gasteiger partial charge in [-0.25, -0.2) is 0 Å². The Morgan fingerprint density at radius 2 is 2.00 bits per heavy atom. The van der Waals surface area contributed by atoms with Gasteiger partial charge in [-0.05, 0) is 25.9 Å². The summed E-state index contributed by atoms with van der Waals surface area (Å²) < 4.78 is 20.3. The SMILES string of the molecule is O=S([O-])CCN1CCCC1. The van der Waals surface area contributed by atoms with Crippen LogP contribution in [0.4, 0.5) is 0 Å². The average molecular weight is 162 g/mol. The van der Waals surface area contributed by atoms with E-state index in [1.165, 1.54) is 12.8 Å². The molecule has 1 unspecified atom stereocenters. The highest BCUT2D eigenvalue weighted by Crippen LogP contribution is 2.05. The Hall–Kier alpha value is 0.0700. The third kappa shape index (κ3) is 2.77. The monoisotopic (exact) mass is 162 g/mol. The second kappa shape index (κ2) is 4.05. The molecule has 0 saturated carbocycles. The van der Waals surface area contributed by atoms with Crippen LogP contribution in [0, 0.1) is 0 Å². The van der Waals surface area contributed by atoms with Gasteiger partial charge in [0, 0.05) is 12.3 Å². The van der Waals surface area contributed by atoms with Crippen LogP contribution in [0.5, 0.6) is 0 Å². The molecule has 1 saturated heterocycles. The van der Waals surface area contributed by atoms with Crippen LogP contribution >= 0.6 is 0 Å². The first-order chi connectivity index (χ1) is 4.79. The van der Waals surface area contributed by atoms with E-state index in [0.717, 1.165) is 19.6 Å². The Morgan fingerprint density at radius 3 is 2.50 bits per heavy atom. The summed E-state index contributed by atoms with van der Waals surface area (Å²) in [6.45, 7) is 2.88. The average Bonchev–Trinajstić information content (AvgIpc) is 2.34. The number of hydrogen-bond donors (Lipinski definition) is 0. The Kier molecular flexibility index (Phi) is 3.31. The van der Waals surface area contributed by atoms with Crippen molar-refractivity contribution in [3.63, 3.8) is 0 Å². The van der Waals surface area contributed by atoms with Gasteiger partial charge in [-0.2, -0.15) is 0 Å². The maximum absolute atomic E-state index is 10.1. The minimum atomic E-state index is -1.85. The summed E-state index contributed by atoms with van der Waals surface area (Å²) in [4.78, 5) is 2.19. The van der Waals surface area contributed by atoms with Crippen LogP contribution in [-0.4, -0.2) is 39.0 Å². The van der Waals surface area contributed by atoms with Crippen LogP contribution in [0.1, 0.15) is 12.8 Å². The standard InChI is InChI=1S/C6H13NO2S/c8-10(9)6-5-7-3-1-2-4-7/h1-6H2,(H,8,9)/p-1. The van der Waals surface area contributed by atoms with Crippen LogP contribution in [0.25, 0.3) is 0 Å². The van der Waals surface area contributed by atoms with E-state index in [-0.39, 0.29) is 0 Å². The van der Waals surface area contributed by atoms with Crippen molar-refractivity contribution in [3.05, 3.63) is 0 Å². The molecule has 0 aromatic carbocycles. The van der Waals surface area contributed by atoms with Crippen LogP contribution in [-0.2, 0) is 11.1 Å². The molecular weight excluding hydrogens is 150 g/mol. The van der Waals surface area contributed by atoms with E-state index in [4.69, 9.17) is 0 Å². The van der Waals surface area contributed by atoms with Gasteiger partial charge in [0.1, 0.15) is 0 Å². The zero-order chi connectivity index (χ0) is 7.40. The highest BCUT2D eigenvalue weighted by molar-refractivity contribution is 7.79. The molecule has 0 bridgehead atoms. The Labute approximate surface area is 63.7 Å². The van der Waals surface area contributed by atoms with E-state index < -0.39 is 11.1 Å². The van der Waals surface area contributed by atoms with Crippen LogP contribution in [0.2, 0.25) is 0 Å². The molecule has 3 nitrogen and oxygen atoms in total. The van der Waals surface area contributed by atoms with E-state index in [1.807, 2.05) is 0 Å². The summed E-state index contributed by atoms with van der Waals surface area (Å²) >= 11 is -1.85. The normalized spacial score (nSPS) is 23.3. The summed E-state index contributed by atoms with van der Waals surface area (Å²) in [5.74, 6) is 0.292. The maximum atomic E-state index is 10.1. The third-order valence-electron chi connectivity index (χ3n) is 1.77. The Bertz CT molecular complexity index is 123. The van der Waals surface area contributed by atoms with E-state index >= 15 is 0 Å². The second-order valence-electron chi connectivity index (χ2n) is 2.56. The van der Waals surface area contributed by atoms with Crippen LogP contribution in [0.15, 0.2) is 0 Å². The largest absolute Gasteiger partial charge is 0.772 e. The van der Waals surface area contributed by atoms with Crippen molar-refractivity contribution >= 4 is 11.1 Å². The maximum Gasteiger partial charge on any atom is 0.0229 e. The van der Waals surface area contributed by atoms with Crippen LogP contribution < -0.4 is 0 Å². The molecule has 1 rings (SSSR count). The molecule has 4 heteroatoms. The Balaban J connectivity index is 2.07. The highest BCUT2D eigenvalue weighted by atomic mass is 32.2. The summed E-state index contributed by atoms with van der Waals surface area (Å²) in [5, 5.41) is 0. The van der Waals surface area contributed by atoms with Crippen molar-refractivity contribution in [2.24, 2.45) is 0 Å². The van der Waals surface area contributed by atoms with Crippen molar-refractivity contribution in [2.75, 3.05) is 25.4 Å². The summed E-state index contributed by atoms with van der Waals surface area (Å²) in [7, 11) is 0. The molecule has 0 radical (unpaired) electrons. The van der Waals surface area contributed by atoms with E-state index in [2.05, 4.69) is 4.90 Å². The first kappa shape index (κ1) is 8.17. The summed E-state index contributed by atoms with van der Waals surface area (Å²) in [6, 6.07) is 0. The highest BCUT2D eigenvalue weighted by Gasteiger charge is 2.09. The van der Waals surface area contributed by atoms with Crippen molar-refractivity contribution in [2.45, 2.75) is 12.8 Å². The minimum Gasteiger partial charge on any atom is -0.772 e. The lowest BCUT2D eigenvalue weighted by atomic mass is 10.4. The molecule has 0 spiro atoms. The van der Waals surface area contributed by atoms with Gasteiger partial charge >= 0.3 is 0 Å². The van der Waals surface area contributed by atoms with Crippen molar-refractivity contribution < 1.29 is 8.76 Å². The lowest BCUT2D eigenvalue weighted by molar-refractivity contribution is 0.357. The summed E-state index contributed by atoms with van der Waals surface area (Å²) in [6.07, 6.45) is 2.46.